The third-order valence-electron chi connectivity index (χ3n) is 5.96. The summed E-state index contributed by atoms with van der Waals surface area (Å²) in [5, 5.41) is 4.23. The fraction of sp³-hybridized carbons (Fsp3) is 0.333. The maximum Gasteiger partial charge on any atom is 0.246 e. The van der Waals surface area contributed by atoms with Gasteiger partial charge in [-0.1, -0.05) is 18.2 Å². The molecule has 4 rings (SSSR count). The number of hydrogen-bond acceptors (Lipinski definition) is 5. The summed E-state index contributed by atoms with van der Waals surface area (Å²) >= 11 is 0. The number of rotatable bonds is 8. The number of methoxy groups -OCH3 is 1. The van der Waals surface area contributed by atoms with Crippen molar-refractivity contribution in [1.29, 1.82) is 0 Å². The minimum atomic E-state index is 0.0365. The van der Waals surface area contributed by atoms with Gasteiger partial charge in [0.25, 0.3) is 0 Å². The Balaban J connectivity index is 1.32. The molecule has 0 bridgehead atoms. The first-order valence-electron chi connectivity index (χ1n) is 11.5. The Hall–Kier alpha value is -3.58. The van der Waals surface area contributed by atoms with Gasteiger partial charge in [-0.2, -0.15) is 5.10 Å². The number of piperazine rings is 1. The summed E-state index contributed by atoms with van der Waals surface area (Å²) in [5.41, 5.74) is 4.22. The SMILES string of the molecule is COc1ccc(/C=C/C(=O)N2CCN(Cc3cnn(C)c3)CC2)cc1COc1cccc(C)c1. The molecule has 0 radical (unpaired) electrons. The van der Waals surface area contributed by atoms with E-state index in [-0.39, 0.29) is 5.91 Å². The van der Waals surface area contributed by atoms with E-state index in [2.05, 4.69) is 10.00 Å². The first kappa shape index (κ1) is 23.6. The van der Waals surface area contributed by atoms with Gasteiger partial charge in [-0.15, -0.1) is 0 Å². The van der Waals surface area contributed by atoms with E-state index in [0.717, 1.165) is 60.9 Å². The van der Waals surface area contributed by atoms with E-state index < -0.39 is 0 Å². The molecule has 1 saturated heterocycles. The van der Waals surface area contributed by atoms with Gasteiger partial charge in [-0.25, -0.2) is 0 Å². The van der Waals surface area contributed by atoms with Gasteiger partial charge < -0.3 is 14.4 Å². The molecular weight excluding hydrogens is 428 g/mol. The van der Waals surface area contributed by atoms with E-state index in [0.29, 0.717) is 6.61 Å². The molecule has 1 aromatic heterocycles. The van der Waals surface area contributed by atoms with Gasteiger partial charge in [0.1, 0.15) is 18.1 Å². The van der Waals surface area contributed by atoms with Crippen LogP contribution in [0.25, 0.3) is 6.08 Å². The third kappa shape index (κ3) is 6.26. The predicted molar refractivity (Wildman–Crippen MR) is 133 cm³/mol. The third-order valence-corrected chi connectivity index (χ3v) is 5.96. The highest BCUT2D eigenvalue weighted by Crippen LogP contribution is 2.23. The number of aryl methyl sites for hydroxylation is 2. The van der Waals surface area contributed by atoms with Crippen molar-refractivity contribution >= 4 is 12.0 Å². The second kappa shape index (κ2) is 11.0. The van der Waals surface area contributed by atoms with Crippen LogP contribution in [-0.4, -0.2) is 58.8 Å². The minimum absolute atomic E-state index is 0.0365. The van der Waals surface area contributed by atoms with Crippen molar-refractivity contribution < 1.29 is 14.3 Å². The van der Waals surface area contributed by atoms with Crippen molar-refractivity contribution in [3.05, 3.63) is 83.2 Å². The Labute approximate surface area is 201 Å². The number of carbonyl (C=O) groups is 1. The van der Waals surface area contributed by atoms with Gasteiger partial charge in [0.15, 0.2) is 0 Å². The van der Waals surface area contributed by atoms with Crippen LogP contribution < -0.4 is 9.47 Å². The van der Waals surface area contributed by atoms with Crippen molar-refractivity contribution in [2.75, 3.05) is 33.3 Å². The quantitative estimate of drug-likeness (QED) is 0.480. The maximum atomic E-state index is 12.7. The van der Waals surface area contributed by atoms with Crippen LogP contribution in [0.2, 0.25) is 0 Å². The molecular formula is C27H32N4O3. The molecule has 1 aliphatic heterocycles. The standard InChI is InChI=1S/C27H32N4O3/c1-21-5-4-6-25(15-21)34-20-24-16-22(7-9-26(24)33-3)8-10-27(32)31-13-11-30(12-14-31)19-23-17-28-29(2)18-23/h4-10,15-18H,11-14,19-20H2,1-3H3/b10-8+. The summed E-state index contributed by atoms with van der Waals surface area (Å²) in [4.78, 5) is 17.0. The Kier molecular flexibility index (Phi) is 7.65. The number of amides is 1. The van der Waals surface area contributed by atoms with Gasteiger partial charge >= 0.3 is 0 Å². The molecule has 1 aliphatic rings. The molecule has 2 heterocycles. The van der Waals surface area contributed by atoms with Gasteiger partial charge in [-0.3, -0.25) is 14.4 Å². The molecule has 2 aromatic carbocycles. The lowest BCUT2D eigenvalue weighted by Crippen LogP contribution is -2.47. The van der Waals surface area contributed by atoms with Crippen molar-refractivity contribution in [2.24, 2.45) is 7.05 Å². The monoisotopic (exact) mass is 460 g/mol. The summed E-state index contributed by atoms with van der Waals surface area (Å²) < 4.78 is 13.3. The summed E-state index contributed by atoms with van der Waals surface area (Å²) in [6.07, 6.45) is 7.45. The molecule has 1 fully saturated rings. The zero-order valence-electron chi connectivity index (χ0n) is 20.1. The minimum Gasteiger partial charge on any atom is -0.496 e. The summed E-state index contributed by atoms with van der Waals surface area (Å²) in [5.74, 6) is 1.62. The Morgan fingerprint density at radius 1 is 1.12 bits per heavy atom. The fourth-order valence-corrected chi connectivity index (χ4v) is 4.09. The number of carbonyl (C=O) groups excluding carboxylic acids is 1. The van der Waals surface area contributed by atoms with Gasteiger partial charge in [0.05, 0.1) is 13.3 Å². The van der Waals surface area contributed by atoms with Crippen LogP contribution >= 0.6 is 0 Å². The van der Waals surface area contributed by atoms with E-state index in [1.54, 1.807) is 13.2 Å². The fourth-order valence-electron chi connectivity index (χ4n) is 4.09. The summed E-state index contributed by atoms with van der Waals surface area (Å²) in [7, 11) is 3.58. The van der Waals surface area contributed by atoms with E-state index in [9.17, 15) is 4.79 Å². The summed E-state index contributed by atoms with van der Waals surface area (Å²) in [6, 6.07) is 13.8. The van der Waals surface area contributed by atoms with Crippen LogP contribution in [0.15, 0.2) is 60.9 Å². The number of aromatic nitrogens is 2. The molecule has 178 valence electrons. The van der Waals surface area contributed by atoms with E-state index in [1.165, 1.54) is 5.56 Å². The Morgan fingerprint density at radius 3 is 2.65 bits per heavy atom. The first-order chi connectivity index (χ1) is 16.5. The molecule has 3 aromatic rings. The number of benzene rings is 2. The Morgan fingerprint density at radius 2 is 1.94 bits per heavy atom. The first-order valence-corrected chi connectivity index (χ1v) is 11.5. The molecule has 34 heavy (non-hydrogen) atoms. The van der Waals surface area contributed by atoms with Crippen molar-refractivity contribution in [2.45, 2.75) is 20.1 Å². The average Bonchev–Trinajstić information content (AvgIpc) is 3.26. The predicted octanol–water partition coefficient (Wildman–Crippen LogP) is 3.67. The molecule has 0 saturated carbocycles. The molecule has 0 atom stereocenters. The van der Waals surface area contributed by atoms with Crippen LogP contribution in [0.1, 0.15) is 22.3 Å². The second-order valence-corrected chi connectivity index (χ2v) is 8.63. The zero-order valence-corrected chi connectivity index (χ0v) is 20.1. The van der Waals surface area contributed by atoms with Crippen LogP contribution in [-0.2, 0) is 25.0 Å². The lowest BCUT2D eigenvalue weighted by molar-refractivity contribution is -0.127. The highest BCUT2D eigenvalue weighted by molar-refractivity contribution is 5.91. The number of hydrogen-bond donors (Lipinski definition) is 0. The molecule has 7 heteroatoms. The van der Waals surface area contributed by atoms with Crippen LogP contribution in [0.4, 0.5) is 0 Å². The molecule has 0 N–H and O–H groups in total. The number of ether oxygens (including phenoxy) is 2. The highest BCUT2D eigenvalue weighted by Gasteiger charge is 2.20. The smallest absolute Gasteiger partial charge is 0.246 e. The van der Waals surface area contributed by atoms with Gasteiger partial charge in [-0.05, 0) is 48.4 Å². The summed E-state index contributed by atoms with van der Waals surface area (Å²) in [6.45, 7) is 6.46. The zero-order chi connectivity index (χ0) is 23.9. The van der Waals surface area contributed by atoms with Crippen molar-refractivity contribution in [3.63, 3.8) is 0 Å². The number of nitrogens with zero attached hydrogens (tertiary/aromatic N) is 4. The van der Waals surface area contributed by atoms with Gasteiger partial charge in [0, 0.05) is 63.2 Å². The lowest BCUT2D eigenvalue weighted by atomic mass is 10.1. The van der Waals surface area contributed by atoms with E-state index >= 15 is 0 Å². The normalized spacial score (nSPS) is 14.5. The average molecular weight is 461 g/mol. The molecule has 0 aliphatic carbocycles. The van der Waals surface area contributed by atoms with Crippen LogP contribution in [0.5, 0.6) is 11.5 Å². The molecule has 0 unspecified atom stereocenters. The van der Waals surface area contributed by atoms with Crippen molar-refractivity contribution in [1.82, 2.24) is 19.6 Å². The maximum absolute atomic E-state index is 12.7. The lowest BCUT2D eigenvalue weighted by Gasteiger charge is -2.34. The van der Waals surface area contributed by atoms with E-state index in [4.69, 9.17) is 9.47 Å². The second-order valence-electron chi connectivity index (χ2n) is 8.63. The van der Waals surface area contributed by atoms with E-state index in [1.807, 2.05) is 84.5 Å². The topological polar surface area (TPSA) is 59.8 Å². The van der Waals surface area contributed by atoms with Crippen LogP contribution in [0, 0.1) is 6.92 Å². The Bertz CT molecular complexity index is 1150. The highest BCUT2D eigenvalue weighted by atomic mass is 16.5. The molecule has 1 amide bonds. The van der Waals surface area contributed by atoms with Crippen LogP contribution in [0.3, 0.4) is 0 Å². The molecule has 7 nitrogen and oxygen atoms in total. The molecule has 0 spiro atoms. The van der Waals surface area contributed by atoms with Gasteiger partial charge in [0.2, 0.25) is 5.91 Å². The largest absolute Gasteiger partial charge is 0.496 e. The van der Waals surface area contributed by atoms with Crippen molar-refractivity contribution in [3.8, 4) is 11.5 Å².